The van der Waals surface area contributed by atoms with Crippen molar-refractivity contribution in [1.29, 1.82) is 0 Å². The Bertz CT molecular complexity index is 1050. The van der Waals surface area contributed by atoms with E-state index < -0.39 is 29.6 Å². The molecule has 0 aliphatic carbocycles. The number of aromatic nitrogens is 1. The van der Waals surface area contributed by atoms with Gasteiger partial charge in [0.15, 0.2) is 0 Å². The predicted molar refractivity (Wildman–Crippen MR) is 151 cm³/mol. The average Bonchev–Trinajstić information content (AvgIpc) is 2.93. The van der Waals surface area contributed by atoms with Gasteiger partial charge in [0.2, 0.25) is 11.8 Å². The van der Waals surface area contributed by atoms with Crippen molar-refractivity contribution in [1.82, 2.24) is 20.1 Å². The molecule has 2 fully saturated rings. The molecule has 0 aromatic carbocycles. The molecule has 12 nitrogen and oxygen atoms in total. The molecule has 4 N–H and O–H groups in total. The number of esters is 1. The van der Waals surface area contributed by atoms with Crippen molar-refractivity contribution in [3.63, 3.8) is 0 Å². The Labute approximate surface area is 241 Å². The van der Waals surface area contributed by atoms with Crippen LogP contribution in [0.5, 0.6) is 5.75 Å². The molecular weight excluding hydrogens is 530 g/mol. The topological polar surface area (TPSA) is 164 Å². The molecule has 228 valence electrons. The van der Waals surface area contributed by atoms with Gasteiger partial charge in [0.05, 0.1) is 24.6 Å². The zero-order valence-electron chi connectivity index (χ0n) is 24.5. The van der Waals surface area contributed by atoms with Gasteiger partial charge in [-0.2, -0.15) is 0 Å². The number of carbonyl (C=O) groups is 4. The number of rotatable bonds is 11. The first-order valence-corrected chi connectivity index (χ1v) is 14.5. The van der Waals surface area contributed by atoms with Crippen molar-refractivity contribution < 1.29 is 33.8 Å². The van der Waals surface area contributed by atoms with Crippen LogP contribution < -0.4 is 15.8 Å². The first-order chi connectivity index (χ1) is 19.4. The van der Waals surface area contributed by atoms with Gasteiger partial charge in [0.1, 0.15) is 18.0 Å². The predicted octanol–water partition coefficient (Wildman–Crippen LogP) is 2.72. The van der Waals surface area contributed by atoms with Crippen molar-refractivity contribution in [2.45, 2.75) is 77.4 Å². The molecule has 3 heterocycles. The van der Waals surface area contributed by atoms with E-state index in [4.69, 9.17) is 20.3 Å². The summed E-state index contributed by atoms with van der Waals surface area (Å²) in [6.07, 6.45) is 6.13. The van der Waals surface area contributed by atoms with E-state index in [0.29, 0.717) is 82.2 Å². The molecule has 1 unspecified atom stereocenters. The van der Waals surface area contributed by atoms with E-state index in [0.717, 1.165) is 12.8 Å². The van der Waals surface area contributed by atoms with Crippen LogP contribution in [-0.2, 0) is 19.1 Å². The number of amides is 3. The fourth-order valence-corrected chi connectivity index (χ4v) is 5.29. The Morgan fingerprint density at radius 1 is 1.12 bits per heavy atom. The van der Waals surface area contributed by atoms with Crippen LogP contribution in [0.25, 0.3) is 0 Å². The van der Waals surface area contributed by atoms with Crippen LogP contribution >= 0.6 is 0 Å². The third kappa shape index (κ3) is 10.5. The summed E-state index contributed by atoms with van der Waals surface area (Å²) in [5, 5.41) is 12.1. The number of hydrogen-bond acceptors (Lipinski definition) is 8. The van der Waals surface area contributed by atoms with E-state index in [1.165, 1.54) is 4.90 Å². The summed E-state index contributed by atoms with van der Waals surface area (Å²) in [7, 11) is 0. The summed E-state index contributed by atoms with van der Waals surface area (Å²) in [6.45, 7) is 7.93. The van der Waals surface area contributed by atoms with Gasteiger partial charge in [-0.25, -0.2) is 4.79 Å². The monoisotopic (exact) mass is 575 g/mol. The van der Waals surface area contributed by atoms with Crippen LogP contribution in [0.4, 0.5) is 4.79 Å². The molecule has 3 rings (SSSR count). The molecule has 0 spiro atoms. The first kappa shape index (κ1) is 32.1. The standard InChI is InChI=1S/C29H45N5O7/c1-29(2,3)41-26(36)16-24(22-15-23(18-31-17-22)40-14-10-30)32-27(37)21-5-4-11-34(19-21)25(35)7-6-20-8-12-33(13-9-20)28(38)39/h15,17-18,20-21,24H,4-14,16,19,30H2,1-3H3,(H,32,37)(H,38,39)/t21?,24-/m0/s1. The maximum atomic E-state index is 13.4. The molecule has 2 aliphatic rings. The normalized spacial score (nSPS) is 18.9. The number of carbonyl (C=O) groups excluding carboxylic acids is 3. The number of ether oxygens (including phenoxy) is 2. The fourth-order valence-electron chi connectivity index (χ4n) is 5.29. The molecule has 2 atom stereocenters. The average molecular weight is 576 g/mol. The highest BCUT2D eigenvalue weighted by molar-refractivity contribution is 5.82. The smallest absolute Gasteiger partial charge is 0.407 e. The van der Waals surface area contributed by atoms with Gasteiger partial charge >= 0.3 is 12.1 Å². The number of nitrogens with one attached hydrogen (secondary N) is 1. The zero-order chi connectivity index (χ0) is 30.0. The van der Waals surface area contributed by atoms with Crippen LogP contribution in [0.2, 0.25) is 0 Å². The Morgan fingerprint density at radius 2 is 1.85 bits per heavy atom. The minimum Gasteiger partial charge on any atom is -0.491 e. The van der Waals surface area contributed by atoms with Gasteiger partial charge in [-0.05, 0) is 70.4 Å². The molecule has 0 saturated carbocycles. The number of nitrogens with zero attached hydrogens (tertiary/aromatic N) is 3. The van der Waals surface area contributed by atoms with E-state index >= 15 is 0 Å². The molecule has 0 radical (unpaired) electrons. The van der Waals surface area contributed by atoms with E-state index in [1.807, 2.05) is 0 Å². The van der Waals surface area contributed by atoms with Crippen LogP contribution in [0, 0.1) is 11.8 Å². The minimum absolute atomic E-state index is 0.0161. The molecule has 1 aromatic rings. The second kappa shape index (κ2) is 15.0. The summed E-state index contributed by atoms with van der Waals surface area (Å²) >= 11 is 0. The van der Waals surface area contributed by atoms with Crippen LogP contribution in [0.3, 0.4) is 0 Å². The summed E-state index contributed by atoms with van der Waals surface area (Å²) in [4.78, 5) is 57.7. The molecule has 2 aliphatic heterocycles. The van der Waals surface area contributed by atoms with Crippen molar-refractivity contribution in [2.75, 3.05) is 39.3 Å². The second-order valence-electron chi connectivity index (χ2n) is 11.9. The van der Waals surface area contributed by atoms with Gasteiger partial charge in [-0.15, -0.1) is 0 Å². The Balaban J connectivity index is 1.60. The lowest BCUT2D eigenvalue weighted by atomic mass is 9.91. The molecule has 12 heteroatoms. The quantitative estimate of drug-likeness (QED) is 0.337. The SMILES string of the molecule is CC(C)(C)OC(=O)C[C@H](NC(=O)C1CCCN(C(=O)CCC2CCN(C(=O)O)CC2)C1)c1cncc(OCCN)c1. The Hall–Kier alpha value is -3.41. The van der Waals surface area contributed by atoms with Crippen molar-refractivity contribution in [2.24, 2.45) is 17.6 Å². The van der Waals surface area contributed by atoms with Gasteiger partial charge in [0, 0.05) is 45.3 Å². The summed E-state index contributed by atoms with van der Waals surface area (Å²) in [5.41, 5.74) is 5.47. The Kier molecular flexibility index (Phi) is 11.7. The first-order valence-electron chi connectivity index (χ1n) is 14.5. The number of hydrogen-bond donors (Lipinski definition) is 3. The van der Waals surface area contributed by atoms with Gasteiger partial charge in [-0.3, -0.25) is 19.4 Å². The molecule has 41 heavy (non-hydrogen) atoms. The van der Waals surface area contributed by atoms with Crippen molar-refractivity contribution in [3.05, 3.63) is 24.0 Å². The van der Waals surface area contributed by atoms with Crippen LogP contribution in [0.15, 0.2) is 18.5 Å². The van der Waals surface area contributed by atoms with E-state index in [-0.39, 0.29) is 18.2 Å². The molecular formula is C29H45N5O7. The highest BCUT2D eigenvalue weighted by atomic mass is 16.6. The number of pyridine rings is 1. The third-order valence-electron chi connectivity index (χ3n) is 7.43. The highest BCUT2D eigenvalue weighted by Gasteiger charge is 2.32. The lowest BCUT2D eigenvalue weighted by Crippen LogP contribution is -2.46. The van der Waals surface area contributed by atoms with Crippen LogP contribution in [0.1, 0.15) is 77.3 Å². The van der Waals surface area contributed by atoms with Gasteiger partial charge in [0.25, 0.3) is 0 Å². The molecule has 3 amide bonds. The number of likely N-dealkylation sites (tertiary alicyclic amines) is 2. The maximum Gasteiger partial charge on any atom is 0.407 e. The zero-order valence-corrected chi connectivity index (χ0v) is 24.5. The summed E-state index contributed by atoms with van der Waals surface area (Å²) in [5.74, 6) is -0.263. The van der Waals surface area contributed by atoms with Gasteiger partial charge < -0.3 is 35.4 Å². The number of nitrogens with two attached hydrogens (primary N) is 1. The Morgan fingerprint density at radius 3 is 2.51 bits per heavy atom. The molecule has 0 bridgehead atoms. The van der Waals surface area contributed by atoms with Crippen molar-refractivity contribution in [3.8, 4) is 5.75 Å². The van der Waals surface area contributed by atoms with Gasteiger partial charge in [-0.1, -0.05) is 0 Å². The second-order valence-corrected chi connectivity index (χ2v) is 11.9. The maximum absolute atomic E-state index is 13.4. The number of piperidine rings is 2. The molecule has 2 saturated heterocycles. The summed E-state index contributed by atoms with van der Waals surface area (Å²) < 4.78 is 11.1. The van der Waals surface area contributed by atoms with E-state index in [9.17, 15) is 19.2 Å². The van der Waals surface area contributed by atoms with E-state index in [1.54, 1.807) is 44.1 Å². The third-order valence-corrected chi connectivity index (χ3v) is 7.43. The largest absolute Gasteiger partial charge is 0.491 e. The fraction of sp³-hybridized carbons (Fsp3) is 0.690. The lowest BCUT2D eigenvalue weighted by molar-refractivity contribution is -0.155. The highest BCUT2D eigenvalue weighted by Crippen LogP contribution is 2.26. The lowest BCUT2D eigenvalue weighted by Gasteiger charge is -2.34. The molecule has 1 aromatic heterocycles. The summed E-state index contributed by atoms with van der Waals surface area (Å²) in [6, 6.07) is 1.05. The van der Waals surface area contributed by atoms with E-state index in [2.05, 4.69) is 10.3 Å². The minimum atomic E-state index is -0.894. The van der Waals surface area contributed by atoms with Crippen LogP contribution in [-0.4, -0.2) is 88.7 Å². The van der Waals surface area contributed by atoms with Crippen molar-refractivity contribution >= 4 is 23.9 Å². The number of carboxylic acid groups (broad SMARTS) is 1.